The maximum Gasteiger partial charge on any atom is 0.270 e. The topological polar surface area (TPSA) is 158 Å². The number of nitrogens with two attached hydrogens (primary N) is 1. The summed E-state index contributed by atoms with van der Waals surface area (Å²) in [4.78, 5) is 50.4. The molecule has 0 bridgehead atoms. The molecule has 4 N–H and O–H groups in total. The third-order valence-electron chi connectivity index (χ3n) is 6.20. The molecular weight excluding hydrogens is 479 g/mol. The molecule has 188 valence electrons. The predicted octanol–water partition coefficient (Wildman–Crippen LogP) is 1.91. The number of carbonyl (C=O) groups excluding carboxylic acids is 3. The summed E-state index contributed by atoms with van der Waals surface area (Å²) in [5.74, 6) is -1.58. The van der Waals surface area contributed by atoms with Crippen molar-refractivity contribution in [2.45, 2.75) is 32.2 Å². The Labute approximate surface area is 210 Å². The minimum absolute atomic E-state index is 0.00813. The molecule has 1 aliphatic rings. The number of hydrogen-bond donors (Lipinski definition) is 3. The first kappa shape index (κ1) is 24.0. The maximum absolute atomic E-state index is 14.4. The van der Waals surface area contributed by atoms with Gasteiger partial charge in [0.05, 0.1) is 17.3 Å². The van der Waals surface area contributed by atoms with Gasteiger partial charge in [0, 0.05) is 30.3 Å². The average Bonchev–Trinajstić information content (AvgIpc) is 3.33. The van der Waals surface area contributed by atoms with Gasteiger partial charge in [0.1, 0.15) is 23.0 Å². The number of rotatable bonds is 7. The van der Waals surface area contributed by atoms with Crippen LogP contribution in [0.2, 0.25) is 0 Å². The van der Waals surface area contributed by atoms with Crippen LogP contribution in [0.25, 0.3) is 22.6 Å². The Morgan fingerprint density at radius 1 is 1.16 bits per heavy atom. The number of fused-ring (bicyclic) bond motifs is 2. The van der Waals surface area contributed by atoms with Crippen LogP contribution in [0.15, 0.2) is 42.6 Å². The number of halogens is 1. The van der Waals surface area contributed by atoms with Gasteiger partial charge in [-0.3, -0.25) is 14.4 Å². The normalized spacial score (nSPS) is 13.9. The molecule has 12 heteroatoms. The van der Waals surface area contributed by atoms with Crippen molar-refractivity contribution < 1.29 is 18.8 Å². The van der Waals surface area contributed by atoms with Crippen LogP contribution in [0.4, 0.5) is 10.2 Å². The molecule has 1 aliphatic heterocycles. The Balaban J connectivity index is 1.64. The zero-order valence-corrected chi connectivity index (χ0v) is 20.1. The molecular formula is C25H23FN8O3. The van der Waals surface area contributed by atoms with E-state index in [0.29, 0.717) is 27.9 Å². The van der Waals surface area contributed by atoms with Crippen molar-refractivity contribution in [2.75, 3.05) is 11.9 Å². The molecule has 3 aromatic heterocycles. The molecule has 3 amide bonds. The Hall–Kier alpha value is -4.74. The van der Waals surface area contributed by atoms with Crippen molar-refractivity contribution >= 4 is 34.6 Å². The third-order valence-corrected chi connectivity index (χ3v) is 6.20. The van der Waals surface area contributed by atoms with Gasteiger partial charge in [-0.15, -0.1) is 0 Å². The summed E-state index contributed by atoms with van der Waals surface area (Å²) in [5, 5.41) is 10.6. The molecule has 0 fully saturated rings. The van der Waals surface area contributed by atoms with Gasteiger partial charge in [-0.25, -0.2) is 24.0 Å². The van der Waals surface area contributed by atoms with Crippen molar-refractivity contribution in [1.82, 2.24) is 30.0 Å². The maximum atomic E-state index is 14.4. The second-order valence-electron chi connectivity index (χ2n) is 9.14. The highest BCUT2D eigenvalue weighted by molar-refractivity contribution is 6.09. The molecule has 5 rings (SSSR count). The van der Waals surface area contributed by atoms with E-state index in [1.165, 1.54) is 10.7 Å². The SMILES string of the molecule is CC1(C)C(=O)Nc2nc(-c3nn(Cc4ccccc4F)c4ncccc34)nc(C(=O)NCCC(N)=O)c21. The van der Waals surface area contributed by atoms with E-state index in [1.54, 1.807) is 50.4 Å². The van der Waals surface area contributed by atoms with Gasteiger partial charge in [-0.1, -0.05) is 18.2 Å². The number of carbonyl (C=O) groups is 3. The number of nitrogens with one attached hydrogen (secondary N) is 2. The number of anilines is 1. The molecule has 0 atom stereocenters. The molecule has 0 saturated carbocycles. The van der Waals surface area contributed by atoms with E-state index in [-0.39, 0.29) is 48.6 Å². The van der Waals surface area contributed by atoms with E-state index >= 15 is 0 Å². The molecule has 0 aliphatic carbocycles. The number of amides is 3. The average molecular weight is 503 g/mol. The molecule has 11 nitrogen and oxygen atoms in total. The summed E-state index contributed by atoms with van der Waals surface area (Å²) in [6, 6.07) is 9.85. The van der Waals surface area contributed by atoms with Gasteiger partial charge in [-0.2, -0.15) is 5.10 Å². The Bertz CT molecular complexity index is 1580. The van der Waals surface area contributed by atoms with Gasteiger partial charge in [-0.05, 0) is 32.0 Å². The molecule has 4 aromatic rings. The second-order valence-corrected chi connectivity index (χ2v) is 9.14. The summed E-state index contributed by atoms with van der Waals surface area (Å²) in [6.45, 7) is 3.45. The Morgan fingerprint density at radius 3 is 2.70 bits per heavy atom. The quantitative estimate of drug-likeness (QED) is 0.348. The van der Waals surface area contributed by atoms with Crippen LogP contribution >= 0.6 is 0 Å². The Morgan fingerprint density at radius 2 is 1.95 bits per heavy atom. The van der Waals surface area contributed by atoms with E-state index in [2.05, 4.69) is 30.7 Å². The Kier molecular flexibility index (Phi) is 5.86. The van der Waals surface area contributed by atoms with E-state index in [9.17, 15) is 18.8 Å². The van der Waals surface area contributed by atoms with E-state index in [1.807, 2.05) is 0 Å². The molecule has 1 aromatic carbocycles. The summed E-state index contributed by atoms with van der Waals surface area (Å²) >= 11 is 0. The van der Waals surface area contributed by atoms with Crippen molar-refractivity contribution in [3.63, 3.8) is 0 Å². The highest BCUT2D eigenvalue weighted by atomic mass is 19.1. The van der Waals surface area contributed by atoms with Crippen LogP contribution in [0.1, 0.15) is 41.9 Å². The zero-order chi connectivity index (χ0) is 26.3. The molecule has 4 heterocycles. The van der Waals surface area contributed by atoms with Gasteiger partial charge in [0.25, 0.3) is 5.91 Å². The van der Waals surface area contributed by atoms with Gasteiger partial charge in [0.2, 0.25) is 11.8 Å². The second kappa shape index (κ2) is 9.04. The monoisotopic (exact) mass is 502 g/mol. The number of aromatic nitrogens is 5. The molecule has 0 radical (unpaired) electrons. The lowest BCUT2D eigenvalue weighted by molar-refractivity contribution is -0.120. The van der Waals surface area contributed by atoms with Crippen LogP contribution in [-0.2, 0) is 21.5 Å². The smallest absolute Gasteiger partial charge is 0.270 e. The van der Waals surface area contributed by atoms with Crippen molar-refractivity contribution in [3.8, 4) is 11.5 Å². The van der Waals surface area contributed by atoms with E-state index in [4.69, 9.17) is 5.73 Å². The summed E-state index contributed by atoms with van der Waals surface area (Å²) in [7, 11) is 0. The van der Waals surface area contributed by atoms with Gasteiger partial charge < -0.3 is 16.4 Å². The molecule has 0 spiro atoms. The first-order chi connectivity index (χ1) is 17.7. The number of hydrogen-bond acceptors (Lipinski definition) is 7. The fraction of sp³-hybridized carbons (Fsp3) is 0.240. The predicted molar refractivity (Wildman–Crippen MR) is 132 cm³/mol. The number of benzene rings is 1. The van der Waals surface area contributed by atoms with Crippen LogP contribution < -0.4 is 16.4 Å². The summed E-state index contributed by atoms with van der Waals surface area (Å²) in [6.07, 6.45) is 1.54. The molecule has 0 saturated heterocycles. The van der Waals surface area contributed by atoms with Gasteiger partial charge >= 0.3 is 0 Å². The van der Waals surface area contributed by atoms with Gasteiger partial charge in [0.15, 0.2) is 11.5 Å². The minimum Gasteiger partial charge on any atom is -0.370 e. The van der Waals surface area contributed by atoms with Crippen LogP contribution in [0.3, 0.4) is 0 Å². The van der Waals surface area contributed by atoms with E-state index < -0.39 is 17.2 Å². The first-order valence-corrected chi connectivity index (χ1v) is 11.5. The van der Waals surface area contributed by atoms with Crippen molar-refractivity contribution in [1.29, 1.82) is 0 Å². The van der Waals surface area contributed by atoms with Crippen molar-refractivity contribution in [2.24, 2.45) is 5.73 Å². The fourth-order valence-electron chi connectivity index (χ4n) is 4.25. The zero-order valence-electron chi connectivity index (χ0n) is 20.1. The lowest BCUT2D eigenvalue weighted by atomic mass is 9.85. The van der Waals surface area contributed by atoms with Crippen LogP contribution in [-0.4, -0.2) is 49.0 Å². The van der Waals surface area contributed by atoms with E-state index in [0.717, 1.165) is 0 Å². The summed E-state index contributed by atoms with van der Waals surface area (Å²) < 4.78 is 15.9. The standard InChI is InChI=1S/C25H23FN8O3/c1-25(2)17-19(23(36)29-11-9-16(27)35)30-21(31-20(17)32-24(25)37)18-14-7-5-10-28-22(14)34(33-18)12-13-6-3-4-8-15(13)26/h3-8,10H,9,11-12H2,1-2H3,(H2,27,35)(H,29,36)(H,30,31,32,37). The first-order valence-electron chi connectivity index (χ1n) is 11.5. The highest BCUT2D eigenvalue weighted by Crippen LogP contribution is 2.39. The molecule has 37 heavy (non-hydrogen) atoms. The summed E-state index contributed by atoms with van der Waals surface area (Å²) in [5.41, 5.74) is 5.63. The van der Waals surface area contributed by atoms with Crippen molar-refractivity contribution in [3.05, 3.63) is 65.2 Å². The number of pyridine rings is 1. The van der Waals surface area contributed by atoms with Crippen LogP contribution in [0, 0.1) is 5.82 Å². The lowest BCUT2D eigenvalue weighted by Gasteiger charge is -2.18. The molecule has 0 unspecified atom stereocenters. The largest absolute Gasteiger partial charge is 0.370 e. The fourth-order valence-corrected chi connectivity index (χ4v) is 4.25. The number of primary amides is 1. The lowest BCUT2D eigenvalue weighted by Crippen LogP contribution is -2.33. The minimum atomic E-state index is -1.07. The third kappa shape index (κ3) is 4.26. The highest BCUT2D eigenvalue weighted by Gasteiger charge is 2.44. The number of nitrogens with zero attached hydrogens (tertiary/aromatic N) is 5. The van der Waals surface area contributed by atoms with Crippen LogP contribution in [0.5, 0.6) is 0 Å².